The number of ether oxygens (including phenoxy) is 1. The molecule has 1 amide bonds. The molecule has 1 aliphatic rings. The first kappa shape index (κ1) is 23.9. The van der Waals surface area contributed by atoms with E-state index in [0.717, 1.165) is 34.8 Å². The van der Waals surface area contributed by atoms with Gasteiger partial charge in [-0.25, -0.2) is 4.99 Å². The molecule has 0 spiro atoms. The lowest BCUT2D eigenvalue weighted by Gasteiger charge is -2.17. The normalized spacial score (nSPS) is 16.2. The van der Waals surface area contributed by atoms with Crippen molar-refractivity contribution in [3.63, 3.8) is 0 Å². The number of amidine groups is 1. The van der Waals surface area contributed by atoms with E-state index in [1.165, 1.54) is 28.6 Å². The molecule has 34 heavy (non-hydrogen) atoms. The SMILES string of the molecule is CCOc1ccc(N=C2S/C(=C\c3cc(C)n(-c4c(C)cccc4CC)c3C)C(=O)N2C)cc1. The minimum atomic E-state index is -0.0374. The maximum Gasteiger partial charge on any atom is 0.266 e. The standard InChI is InChI=1S/C28H31N3O2S/c1-7-21-11-9-10-18(3)26(21)31-19(4)16-22(20(31)5)17-25-27(32)30(6)28(34-25)29-23-12-14-24(15-13-23)33-8-2/h9-17H,7-8H2,1-6H3/b25-17-,29-28?. The highest BCUT2D eigenvalue weighted by Gasteiger charge is 2.31. The van der Waals surface area contributed by atoms with Crippen LogP contribution in [0.25, 0.3) is 11.8 Å². The lowest BCUT2D eigenvalue weighted by Crippen LogP contribution is -2.23. The van der Waals surface area contributed by atoms with E-state index >= 15 is 0 Å². The van der Waals surface area contributed by atoms with Crippen LogP contribution in [-0.4, -0.2) is 34.2 Å². The van der Waals surface area contributed by atoms with Gasteiger partial charge in [0.15, 0.2) is 5.17 Å². The van der Waals surface area contributed by atoms with Crippen LogP contribution in [0.3, 0.4) is 0 Å². The van der Waals surface area contributed by atoms with Crippen molar-refractivity contribution in [3.8, 4) is 11.4 Å². The molecule has 4 rings (SSSR count). The van der Waals surface area contributed by atoms with Crippen LogP contribution < -0.4 is 4.74 Å². The van der Waals surface area contributed by atoms with E-state index < -0.39 is 0 Å². The van der Waals surface area contributed by atoms with Crippen molar-refractivity contribution >= 4 is 34.6 Å². The highest BCUT2D eigenvalue weighted by molar-refractivity contribution is 8.18. The van der Waals surface area contributed by atoms with Gasteiger partial charge in [-0.05, 0) is 99.0 Å². The van der Waals surface area contributed by atoms with Crippen LogP contribution >= 0.6 is 11.8 Å². The third-order valence-corrected chi connectivity index (χ3v) is 7.12. The number of nitrogens with zero attached hydrogens (tertiary/aromatic N) is 3. The van der Waals surface area contributed by atoms with E-state index in [2.05, 4.69) is 56.5 Å². The molecule has 5 nitrogen and oxygen atoms in total. The number of aliphatic imine (C=N–C) groups is 1. The van der Waals surface area contributed by atoms with Crippen LogP contribution in [0.1, 0.15) is 41.9 Å². The Morgan fingerprint density at radius 2 is 1.79 bits per heavy atom. The number of aromatic nitrogens is 1. The number of hydrogen-bond donors (Lipinski definition) is 0. The van der Waals surface area contributed by atoms with Crippen LogP contribution in [0, 0.1) is 20.8 Å². The Labute approximate surface area is 206 Å². The van der Waals surface area contributed by atoms with Crippen molar-refractivity contribution in [1.29, 1.82) is 0 Å². The zero-order chi connectivity index (χ0) is 24.4. The minimum Gasteiger partial charge on any atom is -0.494 e. The average Bonchev–Trinajstić information content (AvgIpc) is 3.24. The Hall–Kier alpha value is -3.25. The smallest absolute Gasteiger partial charge is 0.266 e. The van der Waals surface area contributed by atoms with E-state index in [1.54, 1.807) is 11.9 Å². The lowest BCUT2D eigenvalue weighted by atomic mass is 10.1. The Kier molecular flexibility index (Phi) is 6.98. The summed E-state index contributed by atoms with van der Waals surface area (Å²) in [5.74, 6) is 0.774. The fraction of sp³-hybridized carbons (Fsp3) is 0.286. The van der Waals surface area contributed by atoms with E-state index in [9.17, 15) is 4.79 Å². The van der Waals surface area contributed by atoms with Gasteiger partial charge in [-0.3, -0.25) is 9.69 Å². The van der Waals surface area contributed by atoms with E-state index in [-0.39, 0.29) is 5.91 Å². The van der Waals surface area contributed by atoms with Crippen molar-refractivity contribution < 1.29 is 9.53 Å². The molecule has 2 aromatic carbocycles. The van der Waals surface area contributed by atoms with E-state index in [1.807, 2.05) is 37.3 Å². The predicted octanol–water partition coefficient (Wildman–Crippen LogP) is 6.60. The molecule has 0 unspecified atom stereocenters. The Balaban J connectivity index is 1.67. The van der Waals surface area contributed by atoms with Gasteiger partial charge in [0.25, 0.3) is 5.91 Å². The number of thioether (sulfide) groups is 1. The van der Waals surface area contributed by atoms with Crippen LogP contribution in [0.4, 0.5) is 5.69 Å². The van der Waals surface area contributed by atoms with Gasteiger partial charge in [0, 0.05) is 18.4 Å². The summed E-state index contributed by atoms with van der Waals surface area (Å²) < 4.78 is 7.81. The first-order chi connectivity index (χ1) is 16.3. The van der Waals surface area contributed by atoms with Gasteiger partial charge in [-0.1, -0.05) is 25.1 Å². The third-order valence-electron chi connectivity index (χ3n) is 6.06. The number of benzene rings is 2. The highest BCUT2D eigenvalue weighted by atomic mass is 32.2. The molecule has 6 heteroatoms. The maximum atomic E-state index is 13.0. The predicted molar refractivity (Wildman–Crippen MR) is 142 cm³/mol. The number of carbonyl (C=O) groups excluding carboxylic acids is 1. The summed E-state index contributed by atoms with van der Waals surface area (Å²) in [5.41, 5.74) is 7.92. The number of rotatable bonds is 6. The second-order valence-corrected chi connectivity index (χ2v) is 9.40. The monoisotopic (exact) mass is 473 g/mol. The fourth-order valence-corrected chi connectivity index (χ4v) is 5.27. The molecule has 1 fully saturated rings. The van der Waals surface area contributed by atoms with Crippen molar-refractivity contribution in [2.75, 3.05) is 13.7 Å². The average molecular weight is 474 g/mol. The molecule has 0 radical (unpaired) electrons. The molecule has 2 heterocycles. The van der Waals surface area contributed by atoms with E-state index in [4.69, 9.17) is 9.73 Å². The quantitative estimate of drug-likeness (QED) is 0.379. The lowest BCUT2D eigenvalue weighted by molar-refractivity contribution is -0.121. The van der Waals surface area contributed by atoms with Gasteiger partial charge in [0.2, 0.25) is 0 Å². The number of carbonyl (C=O) groups is 1. The summed E-state index contributed by atoms with van der Waals surface area (Å²) in [7, 11) is 1.77. The summed E-state index contributed by atoms with van der Waals surface area (Å²) >= 11 is 1.41. The molecule has 0 saturated carbocycles. The Morgan fingerprint density at radius 1 is 1.06 bits per heavy atom. The van der Waals surface area contributed by atoms with Crippen molar-refractivity contribution in [2.45, 2.75) is 41.0 Å². The number of likely N-dealkylation sites (N-methyl/N-ethyl adjacent to an activating group) is 1. The van der Waals surface area contributed by atoms with Crippen molar-refractivity contribution in [3.05, 3.63) is 81.5 Å². The van der Waals surface area contributed by atoms with E-state index in [0.29, 0.717) is 16.7 Å². The van der Waals surface area contributed by atoms with Gasteiger partial charge in [0.1, 0.15) is 5.75 Å². The molecular weight excluding hydrogens is 442 g/mol. The molecule has 1 aromatic heterocycles. The van der Waals surface area contributed by atoms with Gasteiger partial charge in [-0.2, -0.15) is 0 Å². The third kappa shape index (κ3) is 4.55. The van der Waals surface area contributed by atoms with Gasteiger partial charge < -0.3 is 9.30 Å². The largest absolute Gasteiger partial charge is 0.494 e. The summed E-state index contributed by atoms with van der Waals surface area (Å²) in [6.07, 6.45) is 2.96. The number of para-hydroxylation sites is 1. The zero-order valence-electron chi connectivity index (χ0n) is 20.7. The Morgan fingerprint density at radius 3 is 2.47 bits per heavy atom. The number of amides is 1. The molecule has 0 aliphatic carbocycles. The first-order valence-corrected chi connectivity index (χ1v) is 12.4. The highest BCUT2D eigenvalue weighted by Crippen LogP contribution is 2.35. The molecule has 0 N–H and O–H groups in total. The molecule has 0 bridgehead atoms. The number of hydrogen-bond acceptors (Lipinski definition) is 4. The topological polar surface area (TPSA) is 46.8 Å². The molecule has 1 saturated heterocycles. The van der Waals surface area contributed by atoms with Crippen LogP contribution in [0.15, 0.2) is 58.4 Å². The molecule has 176 valence electrons. The Bertz CT molecular complexity index is 1290. The fourth-order valence-electron chi connectivity index (χ4n) is 4.29. The van der Waals surface area contributed by atoms with Crippen LogP contribution in [0.5, 0.6) is 5.75 Å². The van der Waals surface area contributed by atoms with Gasteiger partial charge >= 0.3 is 0 Å². The van der Waals surface area contributed by atoms with Gasteiger partial charge in [0.05, 0.1) is 22.9 Å². The molecule has 1 aliphatic heterocycles. The summed E-state index contributed by atoms with van der Waals surface area (Å²) in [6.45, 7) is 11.2. The molecule has 0 atom stereocenters. The van der Waals surface area contributed by atoms with Crippen molar-refractivity contribution in [2.24, 2.45) is 4.99 Å². The second kappa shape index (κ2) is 9.94. The first-order valence-electron chi connectivity index (χ1n) is 11.6. The second-order valence-electron chi connectivity index (χ2n) is 8.39. The molecule has 3 aromatic rings. The van der Waals surface area contributed by atoms with Crippen LogP contribution in [-0.2, 0) is 11.2 Å². The summed E-state index contributed by atoms with van der Waals surface area (Å²) in [5, 5.41) is 0.668. The number of aryl methyl sites for hydroxylation is 3. The summed E-state index contributed by atoms with van der Waals surface area (Å²) in [6, 6.07) is 16.2. The van der Waals surface area contributed by atoms with Crippen LogP contribution in [0.2, 0.25) is 0 Å². The zero-order valence-corrected chi connectivity index (χ0v) is 21.5. The molecular formula is C28H31N3O2S. The maximum absolute atomic E-state index is 13.0. The van der Waals surface area contributed by atoms with Crippen molar-refractivity contribution in [1.82, 2.24) is 9.47 Å². The minimum absolute atomic E-state index is 0.0374. The van der Waals surface area contributed by atoms with Gasteiger partial charge in [-0.15, -0.1) is 0 Å². The summed E-state index contributed by atoms with van der Waals surface area (Å²) in [4.78, 5) is 20.0.